The van der Waals surface area contributed by atoms with Gasteiger partial charge in [-0.05, 0) is 24.5 Å². The Morgan fingerprint density at radius 2 is 2.10 bits per heavy atom. The van der Waals surface area contributed by atoms with E-state index >= 15 is 0 Å². The second kappa shape index (κ2) is 5.72. The van der Waals surface area contributed by atoms with Crippen molar-refractivity contribution >= 4 is 19.7 Å². The summed E-state index contributed by atoms with van der Waals surface area (Å²) in [4.78, 5) is 14.0. The molecule has 1 aliphatic rings. The van der Waals surface area contributed by atoms with Gasteiger partial charge in [0.05, 0.1) is 18.4 Å². The standard InChI is InChI=1S/C16H21NO2Si/c1-19-16(18)14-9-5-7-13-8-6-10-17(15(13)14)11-12-20(2,3)4/h5,7,9H,6,8,10H2,1-4H3. The molecule has 0 bridgehead atoms. The first-order valence-electron chi connectivity index (χ1n) is 6.93. The number of hydrogen-bond donors (Lipinski definition) is 0. The summed E-state index contributed by atoms with van der Waals surface area (Å²) < 4.78 is 4.89. The maximum atomic E-state index is 11.9. The van der Waals surface area contributed by atoms with Crippen LogP contribution in [-0.4, -0.2) is 27.7 Å². The third-order valence-corrected chi connectivity index (χ3v) is 4.05. The summed E-state index contributed by atoms with van der Waals surface area (Å²) in [5, 5.41) is 0. The van der Waals surface area contributed by atoms with Gasteiger partial charge in [0.1, 0.15) is 8.07 Å². The summed E-state index contributed by atoms with van der Waals surface area (Å²) in [6.45, 7) is 7.53. The predicted molar refractivity (Wildman–Crippen MR) is 84.6 cm³/mol. The predicted octanol–water partition coefficient (Wildman–Crippen LogP) is 3.06. The Morgan fingerprint density at radius 1 is 1.35 bits per heavy atom. The molecule has 0 spiro atoms. The second-order valence-corrected chi connectivity index (χ2v) is 10.8. The normalized spacial score (nSPS) is 14.1. The summed E-state index contributed by atoms with van der Waals surface area (Å²) in [5.74, 6) is -0.288. The van der Waals surface area contributed by atoms with Crippen LogP contribution < -0.4 is 4.90 Å². The molecule has 1 heterocycles. The van der Waals surface area contributed by atoms with Crippen molar-refractivity contribution in [3.63, 3.8) is 0 Å². The first-order valence-corrected chi connectivity index (χ1v) is 10.4. The highest BCUT2D eigenvalue weighted by Crippen LogP contribution is 2.31. The van der Waals surface area contributed by atoms with Crippen LogP contribution in [0.2, 0.25) is 19.6 Å². The zero-order chi connectivity index (χ0) is 14.8. The molecule has 0 radical (unpaired) electrons. The Kier molecular flexibility index (Phi) is 4.19. The lowest BCUT2D eigenvalue weighted by Crippen LogP contribution is -2.28. The molecule has 0 saturated heterocycles. The Bertz CT molecular complexity index is 578. The summed E-state index contributed by atoms with van der Waals surface area (Å²) >= 11 is 0. The molecule has 1 aromatic carbocycles. The average Bonchev–Trinajstić information content (AvgIpc) is 2.42. The van der Waals surface area contributed by atoms with Gasteiger partial charge in [0.2, 0.25) is 0 Å². The van der Waals surface area contributed by atoms with Crippen molar-refractivity contribution in [1.82, 2.24) is 0 Å². The zero-order valence-corrected chi connectivity index (χ0v) is 13.6. The van der Waals surface area contributed by atoms with Crippen LogP contribution in [0.5, 0.6) is 0 Å². The van der Waals surface area contributed by atoms with Gasteiger partial charge in [-0.15, -0.1) is 5.54 Å². The molecule has 0 fully saturated rings. The van der Waals surface area contributed by atoms with Gasteiger partial charge in [0, 0.05) is 12.6 Å². The molecular formula is C16H21NO2Si. The molecule has 0 aromatic heterocycles. The van der Waals surface area contributed by atoms with E-state index < -0.39 is 8.07 Å². The van der Waals surface area contributed by atoms with E-state index in [1.54, 1.807) is 0 Å². The van der Waals surface area contributed by atoms with E-state index in [1.165, 1.54) is 12.7 Å². The van der Waals surface area contributed by atoms with E-state index in [2.05, 4.69) is 37.3 Å². The number of benzene rings is 1. The molecule has 4 heteroatoms. The highest BCUT2D eigenvalue weighted by Gasteiger charge is 2.23. The molecule has 106 valence electrons. The van der Waals surface area contributed by atoms with E-state index in [0.29, 0.717) is 5.56 Å². The SMILES string of the molecule is COC(=O)c1cccc2c1N(C#C[Si](C)(C)C)CCC2. The third kappa shape index (κ3) is 3.23. The molecule has 1 aliphatic heterocycles. The fraction of sp³-hybridized carbons (Fsp3) is 0.438. The monoisotopic (exact) mass is 287 g/mol. The van der Waals surface area contributed by atoms with E-state index in [9.17, 15) is 4.79 Å². The minimum absolute atomic E-state index is 0.288. The topological polar surface area (TPSA) is 29.5 Å². The first-order chi connectivity index (χ1) is 9.42. The number of methoxy groups -OCH3 is 1. The fourth-order valence-electron chi connectivity index (χ4n) is 2.27. The lowest BCUT2D eigenvalue weighted by Gasteiger charge is -2.28. The number of anilines is 1. The van der Waals surface area contributed by atoms with Gasteiger partial charge in [-0.3, -0.25) is 0 Å². The molecule has 0 aliphatic carbocycles. The Balaban J connectivity index is 2.47. The molecule has 1 aromatic rings. The minimum atomic E-state index is -1.43. The van der Waals surface area contributed by atoms with Crippen LogP contribution in [0.3, 0.4) is 0 Å². The number of carbonyl (C=O) groups is 1. The van der Waals surface area contributed by atoms with Gasteiger partial charge < -0.3 is 9.64 Å². The number of esters is 1. The highest BCUT2D eigenvalue weighted by atomic mass is 28.3. The summed E-state index contributed by atoms with van der Waals surface area (Å²) in [5.41, 5.74) is 6.12. The van der Waals surface area contributed by atoms with Crippen LogP contribution in [0, 0.1) is 11.6 Å². The molecule has 0 atom stereocenters. The van der Waals surface area contributed by atoms with Crippen molar-refractivity contribution in [2.24, 2.45) is 0 Å². The van der Waals surface area contributed by atoms with Crippen LogP contribution in [0.25, 0.3) is 0 Å². The molecular weight excluding hydrogens is 266 g/mol. The highest BCUT2D eigenvalue weighted by molar-refractivity contribution is 6.83. The smallest absolute Gasteiger partial charge is 0.340 e. The molecule has 20 heavy (non-hydrogen) atoms. The van der Waals surface area contributed by atoms with Gasteiger partial charge in [0.25, 0.3) is 0 Å². The zero-order valence-electron chi connectivity index (χ0n) is 12.6. The van der Waals surface area contributed by atoms with Gasteiger partial charge in [-0.25, -0.2) is 4.79 Å². The third-order valence-electron chi connectivity index (χ3n) is 3.19. The number of hydrogen-bond acceptors (Lipinski definition) is 3. The van der Waals surface area contributed by atoms with Crippen LogP contribution in [0.4, 0.5) is 5.69 Å². The molecule has 0 N–H and O–H groups in total. The Hall–Kier alpha value is -1.73. The van der Waals surface area contributed by atoms with Crippen molar-refractivity contribution in [3.05, 3.63) is 29.3 Å². The van der Waals surface area contributed by atoms with Crippen LogP contribution in [0.1, 0.15) is 22.3 Å². The van der Waals surface area contributed by atoms with E-state index in [-0.39, 0.29) is 5.97 Å². The number of rotatable bonds is 1. The largest absolute Gasteiger partial charge is 0.465 e. The molecule has 0 amide bonds. The number of ether oxygens (including phenoxy) is 1. The Morgan fingerprint density at radius 3 is 2.75 bits per heavy atom. The maximum Gasteiger partial charge on any atom is 0.340 e. The number of para-hydroxylation sites is 1. The number of carbonyl (C=O) groups excluding carboxylic acids is 1. The van der Waals surface area contributed by atoms with E-state index in [4.69, 9.17) is 4.74 Å². The second-order valence-electron chi connectivity index (χ2n) is 6.05. The molecule has 3 nitrogen and oxygen atoms in total. The number of aryl methyl sites for hydroxylation is 1. The van der Waals surface area contributed by atoms with Crippen molar-refractivity contribution < 1.29 is 9.53 Å². The van der Waals surface area contributed by atoms with E-state index in [0.717, 1.165) is 25.1 Å². The van der Waals surface area contributed by atoms with Crippen LogP contribution in [0.15, 0.2) is 18.2 Å². The molecule has 2 rings (SSSR count). The van der Waals surface area contributed by atoms with Crippen molar-refractivity contribution in [2.75, 3.05) is 18.6 Å². The minimum Gasteiger partial charge on any atom is -0.465 e. The summed E-state index contributed by atoms with van der Waals surface area (Å²) in [7, 11) is -0.0150. The molecule has 0 saturated carbocycles. The maximum absolute atomic E-state index is 11.9. The molecule has 0 unspecified atom stereocenters. The average molecular weight is 287 g/mol. The lowest BCUT2D eigenvalue weighted by molar-refractivity contribution is 0.0601. The van der Waals surface area contributed by atoms with Gasteiger partial charge >= 0.3 is 5.97 Å². The van der Waals surface area contributed by atoms with Gasteiger partial charge in [-0.1, -0.05) is 31.8 Å². The van der Waals surface area contributed by atoms with Crippen LogP contribution >= 0.6 is 0 Å². The number of fused-ring (bicyclic) bond motifs is 1. The van der Waals surface area contributed by atoms with Gasteiger partial charge in [0.15, 0.2) is 0 Å². The van der Waals surface area contributed by atoms with Crippen molar-refractivity contribution in [1.29, 1.82) is 0 Å². The van der Waals surface area contributed by atoms with Crippen molar-refractivity contribution in [3.8, 4) is 11.6 Å². The van der Waals surface area contributed by atoms with Gasteiger partial charge in [-0.2, -0.15) is 0 Å². The summed E-state index contributed by atoms with van der Waals surface area (Å²) in [6.07, 6.45) is 2.06. The first kappa shape index (κ1) is 14.7. The number of nitrogens with zero attached hydrogens (tertiary/aromatic N) is 1. The quantitative estimate of drug-likeness (QED) is 0.452. The fourth-order valence-corrected chi connectivity index (χ4v) is 2.74. The lowest BCUT2D eigenvalue weighted by atomic mass is 9.98. The van der Waals surface area contributed by atoms with Crippen LogP contribution in [-0.2, 0) is 11.2 Å². The summed E-state index contributed by atoms with van der Waals surface area (Å²) in [6, 6.07) is 9.08. The van der Waals surface area contributed by atoms with E-state index in [1.807, 2.05) is 17.0 Å². The Labute approximate surface area is 121 Å². The van der Waals surface area contributed by atoms with Crippen molar-refractivity contribution in [2.45, 2.75) is 32.5 Å².